The van der Waals surface area contributed by atoms with E-state index in [4.69, 9.17) is 4.74 Å². The highest BCUT2D eigenvalue weighted by atomic mass is 16.5. The van der Waals surface area contributed by atoms with Crippen molar-refractivity contribution >= 4 is 0 Å². The van der Waals surface area contributed by atoms with Crippen LogP contribution in [0.15, 0.2) is 12.3 Å². The predicted molar refractivity (Wildman–Crippen MR) is 63.5 cm³/mol. The molecular weight excluding hydrogens is 218 g/mol. The number of nitrogens with zero attached hydrogens (tertiary/aromatic N) is 2. The lowest BCUT2D eigenvalue weighted by Gasteiger charge is -2.32. The molecule has 0 radical (unpaired) electrons. The van der Waals surface area contributed by atoms with Gasteiger partial charge >= 0.3 is 0 Å². The molecule has 2 heterocycles. The van der Waals surface area contributed by atoms with Crippen molar-refractivity contribution in [2.24, 2.45) is 0 Å². The van der Waals surface area contributed by atoms with Crippen LogP contribution < -0.4 is 5.32 Å². The smallest absolute Gasteiger partial charge is 0.125 e. The number of aryl methyl sites for hydroxylation is 1. The molecule has 0 amide bonds. The topological polar surface area (TPSA) is 67.3 Å². The number of hydrogen-bond donors (Lipinski definition) is 2. The van der Waals surface area contributed by atoms with E-state index in [0.29, 0.717) is 39.1 Å². The molecule has 1 aromatic heterocycles. The van der Waals surface area contributed by atoms with Crippen molar-refractivity contribution in [2.45, 2.75) is 31.9 Å². The molecule has 1 aliphatic heterocycles. The van der Waals surface area contributed by atoms with Gasteiger partial charge in [-0.25, -0.2) is 9.97 Å². The molecule has 2 N–H and O–H groups in total. The van der Waals surface area contributed by atoms with E-state index in [9.17, 15) is 5.11 Å². The van der Waals surface area contributed by atoms with Crippen molar-refractivity contribution in [3.8, 4) is 0 Å². The summed E-state index contributed by atoms with van der Waals surface area (Å²) in [6.07, 6.45) is 3.15. The van der Waals surface area contributed by atoms with Gasteiger partial charge in [-0.1, -0.05) is 0 Å². The van der Waals surface area contributed by atoms with Crippen LogP contribution >= 0.6 is 0 Å². The van der Waals surface area contributed by atoms with Crippen LogP contribution in [0.5, 0.6) is 0 Å². The minimum atomic E-state index is -0.625. The van der Waals surface area contributed by atoms with E-state index in [1.807, 2.05) is 13.0 Å². The number of nitrogens with one attached hydrogen (secondary N) is 1. The first-order chi connectivity index (χ1) is 8.18. The van der Waals surface area contributed by atoms with Gasteiger partial charge in [0, 0.05) is 45.3 Å². The van der Waals surface area contributed by atoms with Gasteiger partial charge in [0.05, 0.1) is 11.3 Å². The lowest BCUT2D eigenvalue weighted by Crippen LogP contribution is -2.44. The Morgan fingerprint density at radius 3 is 2.94 bits per heavy atom. The molecule has 0 spiro atoms. The summed E-state index contributed by atoms with van der Waals surface area (Å²) >= 11 is 0. The fraction of sp³-hybridized carbons (Fsp3) is 0.667. The lowest BCUT2D eigenvalue weighted by molar-refractivity contribution is -0.0617. The molecular formula is C12H19N3O2. The Hall–Kier alpha value is -1.04. The number of ether oxygens (including phenoxy) is 1. The zero-order valence-corrected chi connectivity index (χ0v) is 10.1. The zero-order chi connectivity index (χ0) is 12.1. The van der Waals surface area contributed by atoms with Crippen molar-refractivity contribution in [2.75, 3.05) is 19.8 Å². The second kappa shape index (κ2) is 5.53. The van der Waals surface area contributed by atoms with E-state index in [0.717, 1.165) is 11.5 Å². The van der Waals surface area contributed by atoms with Gasteiger partial charge in [0.25, 0.3) is 0 Å². The highest BCUT2D eigenvalue weighted by molar-refractivity contribution is 5.01. The molecule has 1 saturated heterocycles. The molecule has 1 aliphatic rings. The average molecular weight is 237 g/mol. The summed E-state index contributed by atoms with van der Waals surface area (Å²) in [6.45, 7) is 4.40. The minimum absolute atomic E-state index is 0.583. The summed E-state index contributed by atoms with van der Waals surface area (Å²) in [5, 5.41) is 13.5. The van der Waals surface area contributed by atoms with E-state index < -0.39 is 5.60 Å². The Kier molecular flexibility index (Phi) is 4.04. The zero-order valence-electron chi connectivity index (χ0n) is 10.1. The first kappa shape index (κ1) is 12.4. The number of rotatable bonds is 4. The first-order valence-electron chi connectivity index (χ1n) is 5.97. The number of aromatic nitrogens is 2. The first-order valence-corrected chi connectivity index (χ1v) is 5.97. The van der Waals surface area contributed by atoms with Gasteiger partial charge in [-0.05, 0) is 13.0 Å². The standard InChI is InChI=1S/C12H19N3O2/c1-10-14-5-2-11(15-10)8-13-9-12(16)3-6-17-7-4-12/h2,5,13,16H,3-4,6-9H2,1H3. The molecule has 2 rings (SSSR count). The SMILES string of the molecule is Cc1nccc(CNCC2(O)CCOCC2)n1. The van der Waals surface area contributed by atoms with Gasteiger partial charge < -0.3 is 15.2 Å². The fourth-order valence-corrected chi connectivity index (χ4v) is 1.95. The molecule has 17 heavy (non-hydrogen) atoms. The molecule has 0 atom stereocenters. The predicted octanol–water partition coefficient (Wildman–Crippen LogP) is 0.416. The summed E-state index contributed by atoms with van der Waals surface area (Å²) in [6, 6.07) is 1.88. The Balaban J connectivity index is 1.79. The highest BCUT2D eigenvalue weighted by Crippen LogP contribution is 2.19. The number of hydrogen-bond acceptors (Lipinski definition) is 5. The van der Waals surface area contributed by atoms with E-state index >= 15 is 0 Å². The maximum absolute atomic E-state index is 10.2. The maximum Gasteiger partial charge on any atom is 0.125 e. The van der Waals surface area contributed by atoms with Gasteiger partial charge in [0.2, 0.25) is 0 Å². The summed E-state index contributed by atoms with van der Waals surface area (Å²) < 4.78 is 5.24. The summed E-state index contributed by atoms with van der Waals surface area (Å²) in [5.41, 5.74) is 0.327. The van der Waals surface area contributed by atoms with Crippen LogP contribution in [0.3, 0.4) is 0 Å². The van der Waals surface area contributed by atoms with E-state index in [2.05, 4.69) is 15.3 Å². The van der Waals surface area contributed by atoms with E-state index in [1.54, 1.807) is 6.20 Å². The molecule has 5 heteroatoms. The van der Waals surface area contributed by atoms with Gasteiger partial charge in [-0.15, -0.1) is 0 Å². The summed E-state index contributed by atoms with van der Waals surface area (Å²) in [5.74, 6) is 0.772. The summed E-state index contributed by atoms with van der Waals surface area (Å²) in [7, 11) is 0. The van der Waals surface area contributed by atoms with Gasteiger partial charge in [-0.2, -0.15) is 0 Å². The Bertz CT molecular complexity index is 365. The Labute approximate surface area is 101 Å². The van der Waals surface area contributed by atoms with Crippen LogP contribution in [0.1, 0.15) is 24.4 Å². The van der Waals surface area contributed by atoms with Crippen molar-refractivity contribution in [3.63, 3.8) is 0 Å². The third-order valence-electron chi connectivity index (χ3n) is 3.02. The average Bonchev–Trinajstić information content (AvgIpc) is 2.30. The quantitative estimate of drug-likeness (QED) is 0.794. The molecule has 0 unspecified atom stereocenters. The van der Waals surface area contributed by atoms with E-state index in [-0.39, 0.29) is 0 Å². The second-order valence-electron chi connectivity index (χ2n) is 4.54. The normalized spacial score (nSPS) is 19.2. The Morgan fingerprint density at radius 1 is 1.47 bits per heavy atom. The van der Waals surface area contributed by atoms with Crippen molar-refractivity contribution in [1.82, 2.24) is 15.3 Å². The molecule has 0 aliphatic carbocycles. The maximum atomic E-state index is 10.2. The van der Waals surface area contributed by atoms with Gasteiger partial charge in [0.15, 0.2) is 0 Å². The van der Waals surface area contributed by atoms with Crippen LogP contribution in [-0.2, 0) is 11.3 Å². The van der Waals surface area contributed by atoms with Crippen LogP contribution in [0.25, 0.3) is 0 Å². The van der Waals surface area contributed by atoms with Gasteiger partial charge in [-0.3, -0.25) is 0 Å². The third-order valence-corrected chi connectivity index (χ3v) is 3.02. The highest BCUT2D eigenvalue weighted by Gasteiger charge is 2.29. The lowest BCUT2D eigenvalue weighted by atomic mass is 9.94. The molecule has 1 aromatic rings. The number of aliphatic hydroxyl groups is 1. The Morgan fingerprint density at radius 2 is 2.24 bits per heavy atom. The van der Waals surface area contributed by atoms with Crippen molar-refractivity contribution < 1.29 is 9.84 Å². The van der Waals surface area contributed by atoms with Crippen LogP contribution in [0, 0.1) is 6.92 Å². The molecule has 5 nitrogen and oxygen atoms in total. The monoisotopic (exact) mass is 237 g/mol. The molecule has 1 fully saturated rings. The van der Waals surface area contributed by atoms with Gasteiger partial charge in [0.1, 0.15) is 5.82 Å². The van der Waals surface area contributed by atoms with Crippen LogP contribution in [0.4, 0.5) is 0 Å². The molecule has 0 bridgehead atoms. The van der Waals surface area contributed by atoms with Crippen molar-refractivity contribution in [3.05, 3.63) is 23.8 Å². The van der Waals surface area contributed by atoms with Crippen LogP contribution in [-0.4, -0.2) is 40.4 Å². The van der Waals surface area contributed by atoms with Crippen molar-refractivity contribution in [1.29, 1.82) is 0 Å². The minimum Gasteiger partial charge on any atom is -0.388 e. The summed E-state index contributed by atoms with van der Waals surface area (Å²) in [4.78, 5) is 8.35. The second-order valence-corrected chi connectivity index (χ2v) is 4.54. The fourth-order valence-electron chi connectivity index (χ4n) is 1.95. The molecule has 94 valence electrons. The third kappa shape index (κ3) is 3.73. The molecule has 0 saturated carbocycles. The van der Waals surface area contributed by atoms with Crippen LogP contribution in [0.2, 0.25) is 0 Å². The molecule has 0 aromatic carbocycles. The van der Waals surface area contributed by atoms with E-state index in [1.165, 1.54) is 0 Å². The largest absolute Gasteiger partial charge is 0.388 e.